The van der Waals surface area contributed by atoms with Gasteiger partial charge in [0.25, 0.3) is 6.71 Å². The average molecular weight is 474 g/mol. The van der Waals surface area contributed by atoms with Gasteiger partial charge in [-0.15, -0.1) is 0 Å². The second-order valence-corrected chi connectivity index (χ2v) is 7.69. The van der Waals surface area contributed by atoms with Crippen molar-refractivity contribution in [3.05, 3.63) is 87.7 Å². The van der Waals surface area contributed by atoms with Gasteiger partial charge in [-0.1, -0.05) is 43.6 Å². The summed E-state index contributed by atoms with van der Waals surface area (Å²) in [5, 5.41) is 0. The summed E-state index contributed by atoms with van der Waals surface area (Å²) >= 11 is 0. The standard InChI is InChI=1S/C23H16BF9/c1-4-9(2)11-5-7-12(8-6-11)24(13-15(25)10(3)16(26)20(30)17(13)27)14-18(28)21(31)23(33)22(32)19(14)29/h5-9H,4H2,1-3H3. The molecular formula is C23H16BF9. The smallest absolute Gasteiger partial charge is 0.207 e. The van der Waals surface area contributed by atoms with Gasteiger partial charge >= 0.3 is 0 Å². The minimum atomic E-state index is -2.47. The summed E-state index contributed by atoms with van der Waals surface area (Å²) in [5.41, 5.74) is -3.57. The molecule has 3 aromatic rings. The SMILES string of the molecule is CCC(C)c1ccc(B(c2c(F)c(C)c(F)c(F)c2F)c2c(F)c(F)c(F)c(F)c2F)cc1. The lowest BCUT2D eigenvalue weighted by molar-refractivity contribution is 0.384. The van der Waals surface area contributed by atoms with Crippen LogP contribution in [0.4, 0.5) is 39.5 Å². The predicted molar refractivity (Wildman–Crippen MR) is 107 cm³/mol. The number of rotatable bonds is 5. The molecule has 0 aromatic heterocycles. The number of hydrogen-bond donors (Lipinski definition) is 0. The fourth-order valence-electron chi connectivity index (χ4n) is 3.63. The third kappa shape index (κ3) is 4.00. The van der Waals surface area contributed by atoms with Crippen LogP contribution in [0.25, 0.3) is 0 Å². The molecule has 3 aromatic carbocycles. The monoisotopic (exact) mass is 474 g/mol. The molecular weight excluding hydrogens is 458 g/mol. The fraction of sp³-hybridized carbons (Fsp3) is 0.217. The Hall–Kier alpha value is -2.91. The van der Waals surface area contributed by atoms with Crippen molar-refractivity contribution in [2.45, 2.75) is 33.1 Å². The minimum Gasteiger partial charge on any atom is -0.207 e. The highest BCUT2D eigenvalue weighted by atomic mass is 19.2. The largest absolute Gasteiger partial charge is 0.257 e. The molecule has 0 radical (unpaired) electrons. The third-order valence-electron chi connectivity index (χ3n) is 5.79. The normalized spacial score (nSPS) is 12.2. The van der Waals surface area contributed by atoms with Crippen molar-refractivity contribution in [1.29, 1.82) is 0 Å². The van der Waals surface area contributed by atoms with Crippen molar-refractivity contribution >= 4 is 23.1 Å². The van der Waals surface area contributed by atoms with E-state index < -0.39 is 75.6 Å². The molecule has 174 valence electrons. The quantitative estimate of drug-likeness (QED) is 0.205. The first-order valence-electron chi connectivity index (χ1n) is 9.87. The van der Waals surface area contributed by atoms with Gasteiger partial charge in [-0.3, -0.25) is 0 Å². The van der Waals surface area contributed by atoms with Crippen LogP contribution in [0, 0.1) is 59.3 Å². The van der Waals surface area contributed by atoms with Crippen LogP contribution in [0.1, 0.15) is 37.3 Å². The van der Waals surface area contributed by atoms with Crippen molar-refractivity contribution in [2.24, 2.45) is 0 Å². The minimum absolute atomic E-state index is 0.0191. The van der Waals surface area contributed by atoms with E-state index in [2.05, 4.69) is 0 Å². The highest BCUT2D eigenvalue weighted by molar-refractivity contribution is 6.95. The molecule has 0 N–H and O–H groups in total. The van der Waals surface area contributed by atoms with Crippen molar-refractivity contribution in [3.63, 3.8) is 0 Å². The summed E-state index contributed by atoms with van der Waals surface area (Å²) in [4.78, 5) is 0. The number of benzene rings is 3. The Morgan fingerprint density at radius 3 is 1.45 bits per heavy atom. The van der Waals surface area contributed by atoms with E-state index in [0.29, 0.717) is 6.42 Å². The van der Waals surface area contributed by atoms with Crippen LogP contribution in [-0.2, 0) is 0 Å². The second-order valence-electron chi connectivity index (χ2n) is 7.69. The van der Waals surface area contributed by atoms with Crippen molar-refractivity contribution in [1.82, 2.24) is 0 Å². The Morgan fingerprint density at radius 2 is 1.00 bits per heavy atom. The van der Waals surface area contributed by atoms with Crippen molar-refractivity contribution < 1.29 is 39.5 Å². The number of halogens is 9. The Bertz CT molecular complexity index is 1090. The lowest BCUT2D eigenvalue weighted by atomic mass is 9.36. The maximum atomic E-state index is 15.0. The molecule has 1 unspecified atom stereocenters. The molecule has 0 saturated carbocycles. The first-order chi connectivity index (χ1) is 15.4. The van der Waals surface area contributed by atoms with Gasteiger partial charge in [-0.2, -0.15) is 0 Å². The van der Waals surface area contributed by atoms with E-state index in [0.717, 1.165) is 12.5 Å². The predicted octanol–water partition coefficient (Wildman–Crippen LogP) is 5.28. The van der Waals surface area contributed by atoms with E-state index in [1.165, 1.54) is 24.3 Å². The van der Waals surface area contributed by atoms with Gasteiger partial charge in [0.05, 0.1) is 0 Å². The van der Waals surface area contributed by atoms with Gasteiger partial charge in [0, 0.05) is 16.5 Å². The van der Waals surface area contributed by atoms with Crippen LogP contribution >= 0.6 is 0 Å². The van der Waals surface area contributed by atoms with Gasteiger partial charge in [0.1, 0.15) is 5.82 Å². The molecule has 0 fully saturated rings. The van der Waals surface area contributed by atoms with Crippen LogP contribution in [0.5, 0.6) is 0 Å². The summed E-state index contributed by atoms with van der Waals surface area (Å²) in [6.45, 7) is 2.17. The molecule has 0 saturated heterocycles. The van der Waals surface area contributed by atoms with Crippen LogP contribution in [-0.4, -0.2) is 6.71 Å². The lowest BCUT2D eigenvalue weighted by Crippen LogP contribution is -2.58. The average Bonchev–Trinajstić information content (AvgIpc) is 2.82. The first kappa shape index (κ1) is 24.7. The van der Waals surface area contributed by atoms with Crippen LogP contribution in [0.2, 0.25) is 0 Å². The van der Waals surface area contributed by atoms with Crippen LogP contribution < -0.4 is 16.4 Å². The molecule has 1 atom stereocenters. The second kappa shape index (κ2) is 9.15. The maximum Gasteiger partial charge on any atom is 0.257 e. The van der Waals surface area contributed by atoms with Gasteiger partial charge in [0.2, 0.25) is 0 Å². The zero-order valence-electron chi connectivity index (χ0n) is 17.6. The van der Waals surface area contributed by atoms with Crippen LogP contribution in [0.3, 0.4) is 0 Å². The molecule has 0 aliphatic heterocycles. The zero-order valence-corrected chi connectivity index (χ0v) is 17.6. The van der Waals surface area contributed by atoms with E-state index >= 15 is 0 Å². The molecule has 33 heavy (non-hydrogen) atoms. The fourth-order valence-corrected chi connectivity index (χ4v) is 3.63. The van der Waals surface area contributed by atoms with E-state index in [1.807, 2.05) is 13.8 Å². The zero-order chi connectivity index (χ0) is 24.8. The van der Waals surface area contributed by atoms with Gasteiger partial charge < -0.3 is 0 Å². The molecule has 0 nitrogen and oxygen atoms in total. The Kier molecular flexibility index (Phi) is 6.86. The molecule has 0 heterocycles. The molecule has 0 spiro atoms. The van der Waals surface area contributed by atoms with Gasteiger partial charge in [-0.05, 0) is 24.8 Å². The topological polar surface area (TPSA) is 0 Å². The molecule has 0 amide bonds. The van der Waals surface area contributed by atoms with Gasteiger partial charge in [-0.25, -0.2) is 39.5 Å². The Morgan fingerprint density at radius 1 is 0.606 bits per heavy atom. The number of hydrogen-bond acceptors (Lipinski definition) is 0. The summed E-state index contributed by atoms with van der Waals surface area (Å²) in [6.07, 6.45) is 0.700. The maximum absolute atomic E-state index is 15.0. The van der Waals surface area contributed by atoms with E-state index in [1.54, 1.807) is 0 Å². The molecule has 3 rings (SSSR count). The Labute approximate surface area is 184 Å². The van der Waals surface area contributed by atoms with E-state index in [4.69, 9.17) is 0 Å². The Balaban J connectivity index is 2.44. The van der Waals surface area contributed by atoms with Crippen molar-refractivity contribution in [2.75, 3.05) is 0 Å². The summed E-state index contributed by atoms with van der Waals surface area (Å²) in [6, 6.07) is 5.26. The molecule has 0 aliphatic carbocycles. The molecule has 0 aliphatic rings. The van der Waals surface area contributed by atoms with E-state index in [9.17, 15) is 39.5 Å². The molecule has 0 bridgehead atoms. The van der Waals surface area contributed by atoms with Gasteiger partial charge in [0.15, 0.2) is 46.5 Å². The summed E-state index contributed by atoms with van der Waals surface area (Å²) in [5.74, 6) is -19.7. The highest BCUT2D eigenvalue weighted by Gasteiger charge is 2.39. The molecule has 10 heteroatoms. The highest BCUT2D eigenvalue weighted by Crippen LogP contribution is 2.22. The summed E-state index contributed by atoms with van der Waals surface area (Å²) < 4.78 is 129. The summed E-state index contributed by atoms with van der Waals surface area (Å²) in [7, 11) is 0. The van der Waals surface area contributed by atoms with Crippen LogP contribution in [0.15, 0.2) is 24.3 Å². The van der Waals surface area contributed by atoms with Crippen molar-refractivity contribution in [3.8, 4) is 0 Å². The first-order valence-corrected chi connectivity index (χ1v) is 9.87. The lowest BCUT2D eigenvalue weighted by Gasteiger charge is -2.21. The van der Waals surface area contributed by atoms with E-state index in [-0.39, 0.29) is 11.4 Å². The third-order valence-corrected chi connectivity index (χ3v) is 5.79.